The van der Waals surface area contributed by atoms with Crippen LogP contribution in [-0.4, -0.2) is 23.9 Å². The van der Waals surface area contributed by atoms with E-state index in [0.717, 1.165) is 6.42 Å². The maximum absolute atomic E-state index is 12.1. The van der Waals surface area contributed by atoms with Gasteiger partial charge in [0.25, 0.3) is 5.91 Å². The summed E-state index contributed by atoms with van der Waals surface area (Å²) >= 11 is 0. The van der Waals surface area contributed by atoms with Crippen molar-refractivity contribution in [3.8, 4) is 0 Å². The van der Waals surface area contributed by atoms with E-state index < -0.39 is 0 Å². The second-order valence-corrected chi connectivity index (χ2v) is 4.76. The van der Waals surface area contributed by atoms with Gasteiger partial charge in [-0.3, -0.25) is 4.79 Å². The van der Waals surface area contributed by atoms with Gasteiger partial charge in [-0.25, -0.2) is 0 Å². The summed E-state index contributed by atoms with van der Waals surface area (Å²) < 4.78 is 4.95. The van der Waals surface area contributed by atoms with Crippen LogP contribution in [0.25, 0.3) is 0 Å². The van der Waals surface area contributed by atoms with E-state index in [9.17, 15) is 4.79 Å². The lowest BCUT2D eigenvalue weighted by Crippen LogP contribution is -2.42. The van der Waals surface area contributed by atoms with E-state index in [0.29, 0.717) is 17.5 Å². The van der Waals surface area contributed by atoms with Gasteiger partial charge in [0.05, 0.1) is 11.8 Å². The lowest BCUT2D eigenvalue weighted by molar-refractivity contribution is 0.0628. The van der Waals surface area contributed by atoms with E-state index in [1.54, 1.807) is 12.3 Å². The van der Waals surface area contributed by atoms with E-state index >= 15 is 0 Å². The van der Waals surface area contributed by atoms with Gasteiger partial charge < -0.3 is 9.32 Å². The Balaban J connectivity index is 2.06. The molecule has 2 rings (SSSR count). The zero-order chi connectivity index (χ0) is 11.5. The maximum Gasteiger partial charge on any atom is 0.257 e. The number of nitrogens with zero attached hydrogens (tertiary/aromatic N) is 1. The van der Waals surface area contributed by atoms with Crippen LogP contribution < -0.4 is 0 Å². The zero-order valence-electron chi connectivity index (χ0n) is 9.98. The Morgan fingerprint density at radius 3 is 2.81 bits per heavy atom. The highest BCUT2D eigenvalue weighted by atomic mass is 16.3. The van der Waals surface area contributed by atoms with Crippen LogP contribution in [0.5, 0.6) is 0 Å². The van der Waals surface area contributed by atoms with Gasteiger partial charge in [-0.05, 0) is 24.8 Å². The Bertz CT molecular complexity index is 345. The first-order chi connectivity index (χ1) is 7.70. The molecule has 16 heavy (non-hydrogen) atoms. The number of amides is 1. The molecule has 0 radical (unpaired) electrons. The summed E-state index contributed by atoms with van der Waals surface area (Å²) in [6.45, 7) is 2.24. The first kappa shape index (κ1) is 11.2. The quantitative estimate of drug-likeness (QED) is 0.769. The largest absolute Gasteiger partial charge is 0.472 e. The molecule has 0 N–H and O–H groups in total. The van der Waals surface area contributed by atoms with Crippen LogP contribution in [-0.2, 0) is 0 Å². The predicted octanol–water partition coefficient (Wildman–Crippen LogP) is 2.93. The summed E-state index contributed by atoms with van der Waals surface area (Å²) in [5, 5.41) is 0. The number of hydrogen-bond donors (Lipinski definition) is 0. The van der Waals surface area contributed by atoms with Gasteiger partial charge in [-0.2, -0.15) is 0 Å². The van der Waals surface area contributed by atoms with Crippen molar-refractivity contribution in [1.82, 2.24) is 4.90 Å². The summed E-state index contributed by atoms with van der Waals surface area (Å²) in [6, 6.07) is 2.11. The molecule has 3 heteroatoms. The third-order valence-electron chi connectivity index (χ3n) is 3.65. The maximum atomic E-state index is 12.1. The molecule has 0 spiro atoms. The average molecular weight is 221 g/mol. The molecule has 0 aliphatic heterocycles. The van der Waals surface area contributed by atoms with Gasteiger partial charge in [-0.15, -0.1) is 0 Å². The van der Waals surface area contributed by atoms with Gasteiger partial charge in [0.15, 0.2) is 0 Å². The van der Waals surface area contributed by atoms with Crippen LogP contribution >= 0.6 is 0 Å². The molecule has 1 saturated carbocycles. The predicted molar refractivity (Wildman–Crippen MR) is 62.2 cm³/mol. The van der Waals surface area contributed by atoms with Crippen LogP contribution in [0.15, 0.2) is 23.0 Å². The van der Waals surface area contributed by atoms with Gasteiger partial charge in [0.2, 0.25) is 0 Å². The van der Waals surface area contributed by atoms with E-state index in [1.807, 2.05) is 11.9 Å². The van der Waals surface area contributed by atoms with Crippen molar-refractivity contribution in [1.29, 1.82) is 0 Å². The average Bonchev–Trinajstić information content (AvgIpc) is 2.81. The molecule has 1 aliphatic carbocycles. The van der Waals surface area contributed by atoms with Gasteiger partial charge in [-0.1, -0.05) is 19.8 Å². The molecule has 88 valence electrons. The number of rotatable bonds is 2. The van der Waals surface area contributed by atoms with Gasteiger partial charge in [0, 0.05) is 13.1 Å². The van der Waals surface area contributed by atoms with Crippen molar-refractivity contribution >= 4 is 5.91 Å². The smallest absolute Gasteiger partial charge is 0.257 e. The standard InChI is InChI=1S/C13H19NO2/c1-10-5-3-4-6-12(10)14(2)13(15)11-7-8-16-9-11/h7-10,12H,3-6H2,1-2H3. The fourth-order valence-corrected chi connectivity index (χ4v) is 2.61. The highest BCUT2D eigenvalue weighted by Crippen LogP contribution is 2.28. The zero-order valence-corrected chi connectivity index (χ0v) is 9.98. The highest BCUT2D eigenvalue weighted by Gasteiger charge is 2.28. The van der Waals surface area contributed by atoms with Crippen molar-refractivity contribution in [2.24, 2.45) is 5.92 Å². The Kier molecular flexibility index (Phi) is 3.32. The van der Waals surface area contributed by atoms with E-state index in [-0.39, 0.29) is 5.91 Å². The summed E-state index contributed by atoms with van der Waals surface area (Å²) in [4.78, 5) is 14.0. The first-order valence-corrected chi connectivity index (χ1v) is 5.99. The molecule has 1 aromatic heterocycles. The third kappa shape index (κ3) is 2.13. The second-order valence-electron chi connectivity index (χ2n) is 4.76. The number of furan rings is 1. The number of hydrogen-bond acceptors (Lipinski definition) is 2. The normalized spacial score (nSPS) is 25.4. The minimum atomic E-state index is 0.0764. The van der Waals surface area contributed by atoms with Crippen molar-refractivity contribution in [2.75, 3.05) is 7.05 Å². The molecule has 0 bridgehead atoms. The number of carbonyl (C=O) groups is 1. The molecular formula is C13H19NO2. The molecule has 3 nitrogen and oxygen atoms in total. The van der Waals surface area contributed by atoms with Crippen molar-refractivity contribution in [3.63, 3.8) is 0 Å². The molecule has 0 saturated heterocycles. The molecular weight excluding hydrogens is 202 g/mol. The molecule has 1 heterocycles. The molecule has 1 aromatic rings. The van der Waals surface area contributed by atoms with Crippen molar-refractivity contribution < 1.29 is 9.21 Å². The highest BCUT2D eigenvalue weighted by molar-refractivity contribution is 5.93. The van der Waals surface area contributed by atoms with Crippen LogP contribution in [0.3, 0.4) is 0 Å². The molecule has 2 unspecified atom stereocenters. The monoisotopic (exact) mass is 221 g/mol. The van der Waals surface area contributed by atoms with Crippen LogP contribution in [0, 0.1) is 5.92 Å². The van der Waals surface area contributed by atoms with Crippen LogP contribution in [0.1, 0.15) is 43.0 Å². The summed E-state index contributed by atoms with van der Waals surface area (Å²) in [5.41, 5.74) is 0.653. The van der Waals surface area contributed by atoms with Gasteiger partial charge >= 0.3 is 0 Å². The molecule has 1 amide bonds. The SMILES string of the molecule is CC1CCCCC1N(C)C(=O)c1ccoc1. The third-order valence-corrected chi connectivity index (χ3v) is 3.65. The second kappa shape index (κ2) is 4.73. The summed E-state index contributed by atoms with van der Waals surface area (Å²) in [6.07, 6.45) is 7.95. The summed E-state index contributed by atoms with van der Waals surface area (Å²) in [7, 11) is 1.90. The van der Waals surface area contributed by atoms with Gasteiger partial charge in [0.1, 0.15) is 6.26 Å². The Labute approximate surface area is 96.4 Å². The molecule has 0 aromatic carbocycles. The van der Waals surface area contributed by atoms with Crippen LogP contribution in [0.2, 0.25) is 0 Å². The Hall–Kier alpha value is -1.25. The molecule has 2 atom stereocenters. The fourth-order valence-electron chi connectivity index (χ4n) is 2.61. The number of carbonyl (C=O) groups excluding carboxylic acids is 1. The van der Waals surface area contributed by atoms with Crippen molar-refractivity contribution in [2.45, 2.75) is 38.6 Å². The topological polar surface area (TPSA) is 33.5 Å². The molecule has 1 fully saturated rings. The lowest BCUT2D eigenvalue weighted by Gasteiger charge is -2.36. The van der Waals surface area contributed by atoms with E-state index in [4.69, 9.17) is 4.42 Å². The Morgan fingerprint density at radius 2 is 2.19 bits per heavy atom. The first-order valence-electron chi connectivity index (χ1n) is 5.99. The van der Waals surface area contributed by atoms with E-state index in [2.05, 4.69) is 6.92 Å². The minimum absolute atomic E-state index is 0.0764. The fraction of sp³-hybridized carbons (Fsp3) is 0.615. The Morgan fingerprint density at radius 1 is 1.44 bits per heavy atom. The van der Waals surface area contributed by atoms with Crippen LogP contribution in [0.4, 0.5) is 0 Å². The van der Waals surface area contributed by atoms with E-state index in [1.165, 1.54) is 25.5 Å². The molecule has 1 aliphatic rings. The summed E-state index contributed by atoms with van der Waals surface area (Å²) in [5.74, 6) is 0.683. The minimum Gasteiger partial charge on any atom is -0.472 e. The van der Waals surface area contributed by atoms with Crippen molar-refractivity contribution in [3.05, 3.63) is 24.2 Å². The lowest BCUT2D eigenvalue weighted by atomic mass is 9.85.